The van der Waals surface area contributed by atoms with E-state index < -0.39 is 9.84 Å². The maximum atomic E-state index is 12.4. The number of rotatable bonds is 1. The van der Waals surface area contributed by atoms with E-state index in [9.17, 15) is 13.2 Å². The van der Waals surface area contributed by atoms with Crippen LogP contribution < -0.4 is 0 Å². The van der Waals surface area contributed by atoms with Crippen LogP contribution in [-0.2, 0) is 9.84 Å². The highest BCUT2D eigenvalue weighted by atomic mass is 32.2. The van der Waals surface area contributed by atoms with Crippen LogP contribution >= 0.6 is 0 Å². The second-order valence-corrected chi connectivity index (χ2v) is 8.36. The molecule has 20 heavy (non-hydrogen) atoms. The molecule has 3 aliphatic rings. The summed E-state index contributed by atoms with van der Waals surface area (Å²) in [5.74, 6) is 0.226. The lowest BCUT2D eigenvalue weighted by Crippen LogP contribution is -2.49. The van der Waals surface area contributed by atoms with Crippen LogP contribution in [-0.4, -0.2) is 86.0 Å². The molecule has 3 rings (SSSR count). The molecule has 3 fully saturated rings. The van der Waals surface area contributed by atoms with Crippen molar-refractivity contribution in [1.82, 2.24) is 14.7 Å². The summed E-state index contributed by atoms with van der Waals surface area (Å²) in [6.07, 6.45) is 3.60. The first-order valence-corrected chi connectivity index (χ1v) is 9.36. The molecule has 0 saturated carbocycles. The number of nitrogens with zero attached hydrogens (tertiary/aromatic N) is 3. The number of likely N-dealkylation sites (tertiary alicyclic amines) is 2. The third-order valence-electron chi connectivity index (χ3n) is 4.71. The molecule has 3 heterocycles. The predicted octanol–water partition coefficient (Wildman–Crippen LogP) is 0.00690. The third-order valence-corrected chi connectivity index (χ3v) is 6.32. The minimum Gasteiger partial charge on any atom is -0.323 e. The van der Waals surface area contributed by atoms with E-state index in [2.05, 4.69) is 4.90 Å². The van der Waals surface area contributed by atoms with Crippen LogP contribution in [0, 0.1) is 0 Å². The van der Waals surface area contributed by atoms with Crippen LogP contribution in [0.1, 0.15) is 19.3 Å². The molecule has 3 saturated heterocycles. The molecule has 0 aliphatic carbocycles. The highest BCUT2D eigenvalue weighted by Gasteiger charge is 2.35. The largest absolute Gasteiger partial charge is 0.323 e. The monoisotopic (exact) mass is 301 g/mol. The lowest BCUT2D eigenvalue weighted by Gasteiger charge is -2.31. The Kier molecular flexibility index (Phi) is 3.90. The minimum absolute atomic E-state index is 0.0293. The normalized spacial score (nSPS) is 30.9. The van der Waals surface area contributed by atoms with E-state index in [4.69, 9.17) is 0 Å². The van der Waals surface area contributed by atoms with Crippen molar-refractivity contribution < 1.29 is 13.2 Å². The maximum Gasteiger partial charge on any atom is 0.320 e. The van der Waals surface area contributed by atoms with Gasteiger partial charge in [0.15, 0.2) is 9.84 Å². The second kappa shape index (κ2) is 5.52. The number of hydrogen-bond acceptors (Lipinski definition) is 4. The minimum atomic E-state index is -2.92. The zero-order valence-electron chi connectivity index (χ0n) is 11.8. The lowest BCUT2D eigenvalue weighted by molar-refractivity contribution is 0.160. The Hall–Kier alpha value is -0.820. The van der Waals surface area contributed by atoms with Crippen molar-refractivity contribution in [1.29, 1.82) is 0 Å². The Labute approximate surface area is 120 Å². The van der Waals surface area contributed by atoms with Crippen molar-refractivity contribution >= 4 is 15.9 Å². The quantitative estimate of drug-likeness (QED) is 0.684. The third kappa shape index (κ3) is 2.93. The number of sulfone groups is 1. The van der Waals surface area contributed by atoms with Crippen LogP contribution in [0.3, 0.4) is 0 Å². The van der Waals surface area contributed by atoms with Crippen molar-refractivity contribution in [3.05, 3.63) is 0 Å². The van der Waals surface area contributed by atoms with E-state index in [-0.39, 0.29) is 17.5 Å². The zero-order chi connectivity index (χ0) is 14.2. The first-order valence-electron chi connectivity index (χ1n) is 7.53. The summed E-state index contributed by atoms with van der Waals surface area (Å²) in [5.41, 5.74) is 0. The molecule has 0 spiro atoms. The molecule has 114 valence electrons. The van der Waals surface area contributed by atoms with Gasteiger partial charge in [-0.3, -0.25) is 4.90 Å². The Bertz CT molecular complexity index is 459. The average molecular weight is 301 g/mol. The highest BCUT2D eigenvalue weighted by molar-refractivity contribution is 7.91. The summed E-state index contributed by atoms with van der Waals surface area (Å²) >= 11 is 0. The van der Waals surface area contributed by atoms with Gasteiger partial charge < -0.3 is 9.80 Å². The first-order chi connectivity index (χ1) is 9.55. The highest BCUT2D eigenvalue weighted by Crippen LogP contribution is 2.21. The molecule has 0 radical (unpaired) electrons. The predicted molar refractivity (Wildman–Crippen MR) is 76.4 cm³/mol. The first kappa shape index (κ1) is 14.1. The summed E-state index contributed by atoms with van der Waals surface area (Å²) in [7, 11) is -2.92. The smallest absolute Gasteiger partial charge is 0.320 e. The fraction of sp³-hybridized carbons (Fsp3) is 0.923. The number of hydrogen-bond donors (Lipinski definition) is 0. The summed E-state index contributed by atoms with van der Waals surface area (Å²) < 4.78 is 22.8. The van der Waals surface area contributed by atoms with Gasteiger partial charge in [-0.1, -0.05) is 0 Å². The van der Waals surface area contributed by atoms with Gasteiger partial charge in [0.1, 0.15) is 0 Å². The van der Waals surface area contributed by atoms with Crippen molar-refractivity contribution in [3.63, 3.8) is 0 Å². The summed E-state index contributed by atoms with van der Waals surface area (Å²) in [6.45, 7) is 4.65. The van der Waals surface area contributed by atoms with Gasteiger partial charge in [0.05, 0.1) is 11.5 Å². The van der Waals surface area contributed by atoms with E-state index in [1.165, 1.54) is 12.8 Å². The van der Waals surface area contributed by atoms with E-state index in [1.807, 2.05) is 4.90 Å². The zero-order valence-corrected chi connectivity index (χ0v) is 12.6. The molecule has 0 aromatic carbocycles. The van der Waals surface area contributed by atoms with Gasteiger partial charge >= 0.3 is 6.03 Å². The van der Waals surface area contributed by atoms with Crippen LogP contribution in [0.2, 0.25) is 0 Å². The summed E-state index contributed by atoms with van der Waals surface area (Å²) in [4.78, 5) is 18.5. The van der Waals surface area contributed by atoms with Gasteiger partial charge in [0.2, 0.25) is 0 Å². The van der Waals surface area contributed by atoms with Gasteiger partial charge in [-0.15, -0.1) is 0 Å². The van der Waals surface area contributed by atoms with Gasteiger partial charge in [0.25, 0.3) is 0 Å². The molecule has 2 amide bonds. The van der Waals surface area contributed by atoms with Crippen molar-refractivity contribution in [2.24, 2.45) is 0 Å². The van der Waals surface area contributed by atoms with Gasteiger partial charge in [0, 0.05) is 32.2 Å². The molecular formula is C13H23N3O3S. The van der Waals surface area contributed by atoms with E-state index in [0.29, 0.717) is 19.1 Å². The van der Waals surface area contributed by atoms with Gasteiger partial charge in [-0.25, -0.2) is 13.2 Å². The molecule has 0 N–H and O–H groups in total. The van der Waals surface area contributed by atoms with Crippen molar-refractivity contribution in [3.8, 4) is 0 Å². The van der Waals surface area contributed by atoms with Gasteiger partial charge in [-0.2, -0.15) is 0 Å². The number of amides is 2. The van der Waals surface area contributed by atoms with Crippen LogP contribution in [0.5, 0.6) is 0 Å². The fourth-order valence-electron chi connectivity index (χ4n) is 3.42. The fourth-order valence-corrected chi connectivity index (χ4v) is 4.63. The Morgan fingerprint density at radius 2 is 1.55 bits per heavy atom. The molecule has 7 heteroatoms. The Balaban J connectivity index is 1.53. The number of carbonyl (C=O) groups excluding carboxylic acids is 1. The van der Waals surface area contributed by atoms with Gasteiger partial charge in [-0.05, 0) is 32.4 Å². The molecule has 6 nitrogen and oxygen atoms in total. The maximum absolute atomic E-state index is 12.4. The van der Waals surface area contributed by atoms with Crippen LogP contribution in [0.25, 0.3) is 0 Å². The van der Waals surface area contributed by atoms with E-state index in [1.54, 1.807) is 4.90 Å². The van der Waals surface area contributed by atoms with Crippen molar-refractivity contribution in [2.45, 2.75) is 25.3 Å². The number of carbonyl (C=O) groups is 1. The van der Waals surface area contributed by atoms with Crippen LogP contribution in [0.4, 0.5) is 4.79 Å². The molecular weight excluding hydrogens is 278 g/mol. The SMILES string of the molecule is O=C(N1CCS(=O)(=O)CC1)N1CCC(N2CCCC2)C1. The average Bonchev–Trinajstić information content (AvgIpc) is 3.09. The topological polar surface area (TPSA) is 60.9 Å². The van der Waals surface area contributed by atoms with Crippen molar-refractivity contribution in [2.75, 3.05) is 50.8 Å². The Morgan fingerprint density at radius 3 is 2.20 bits per heavy atom. The van der Waals surface area contributed by atoms with E-state index >= 15 is 0 Å². The van der Waals surface area contributed by atoms with Crippen LogP contribution in [0.15, 0.2) is 0 Å². The lowest BCUT2D eigenvalue weighted by atomic mass is 10.2. The molecule has 1 atom stereocenters. The van der Waals surface area contributed by atoms with E-state index in [0.717, 1.165) is 32.6 Å². The molecule has 3 aliphatic heterocycles. The summed E-state index contributed by atoms with van der Waals surface area (Å²) in [6, 6.07) is 0.538. The summed E-state index contributed by atoms with van der Waals surface area (Å²) in [5, 5.41) is 0. The Morgan fingerprint density at radius 1 is 0.900 bits per heavy atom. The second-order valence-electron chi connectivity index (χ2n) is 6.05. The number of urea groups is 1. The standard InChI is InChI=1S/C13H23N3O3S/c17-13(15-7-9-20(18,19)10-8-15)16-6-3-12(11-16)14-4-1-2-5-14/h12H,1-11H2. The molecule has 0 bridgehead atoms. The molecule has 0 aromatic rings. The molecule has 0 aromatic heterocycles. The molecule has 1 unspecified atom stereocenters.